The molecule has 0 aromatic carbocycles. The molecule has 4 heteroatoms. The van der Waals surface area contributed by atoms with Crippen molar-refractivity contribution in [1.29, 1.82) is 0 Å². The molecular formula is C12H13BrN2S. The number of hydrogen-bond acceptors (Lipinski definition) is 3. The molecule has 2 nitrogen and oxygen atoms in total. The van der Waals surface area contributed by atoms with E-state index in [9.17, 15) is 0 Å². The van der Waals surface area contributed by atoms with Crippen LogP contribution in [0.4, 0.5) is 5.82 Å². The quantitative estimate of drug-likeness (QED) is 0.921. The molecule has 16 heavy (non-hydrogen) atoms. The van der Waals surface area contributed by atoms with Gasteiger partial charge in [0.2, 0.25) is 0 Å². The van der Waals surface area contributed by atoms with Crippen molar-refractivity contribution in [2.24, 2.45) is 0 Å². The Bertz CT molecular complexity index is 494. The van der Waals surface area contributed by atoms with Crippen LogP contribution in [0.1, 0.15) is 15.3 Å². The molecular weight excluding hydrogens is 284 g/mol. The summed E-state index contributed by atoms with van der Waals surface area (Å²) in [5.74, 6) is 0.900. The summed E-state index contributed by atoms with van der Waals surface area (Å²) in [5, 5.41) is 3.32. The largest absolute Gasteiger partial charge is 0.364 e. The Hall–Kier alpha value is -0.870. The lowest BCUT2D eigenvalue weighted by Crippen LogP contribution is -2.00. The van der Waals surface area contributed by atoms with E-state index in [1.165, 1.54) is 9.75 Å². The Labute approximate surface area is 108 Å². The van der Waals surface area contributed by atoms with E-state index in [0.29, 0.717) is 0 Å². The van der Waals surface area contributed by atoms with Gasteiger partial charge in [0.25, 0.3) is 0 Å². The molecule has 0 aliphatic rings. The summed E-state index contributed by atoms with van der Waals surface area (Å²) in [5.41, 5.74) is 1.16. The maximum Gasteiger partial charge on any atom is 0.140 e. The third kappa shape index (κ3) is 2.83. The Kier molecular flexibility index (Phi) is 3.61. The number of thiophene rings is 1. The zero-order valence-electron chi connectivity index (χ0n) is 9.25. The first kappa shape index (κ1) is 11.6. The number of nitrogens with one attached hydrogen (secondary N) is 1. The van der Waals surface area contributed by atoms with Gasteiger partial charge in [0.05, 0.1) is 11.0 Å². The summed E-state index contributed by atoms with van der Waals surface area (Å²) in [6.07, 6.45) is 1.87. The number of aromatic nitrogens is 1. The molecule has 0 atom stereocenters. The van der Waals surface area contributed by atoms with Gasteiger partial charge in [0.1, 0.15) is 5.82 Å². The van der Waals surface area contributed by atoms with Crippen LogP contribution in [0.25, 0.3) is 0 Å². The first-order chi connectivity index (χ1) is 7.65. The Balaban J connectivity index is 2.04. The average molecular weight is 297 g/mol. The number of anilines is 1. The predicted molar refractivity (Wildman–Crippen MR) is 73.1 cm³/mol. The number of hydrogen-bond donors (Lipinski definition) is 1. The standard InChI is InChI=1S/C12H13BrN2S/c1-8-5-11(13)12(14-6-8)15-7-10-4-3-9(2)16-10/h3-6H,7H2,1-2H3,(H,14,15). The molecule has 0 amide bonds. The van der Waals surface area contributed by atoms with Crippen LogP contribution < -0.4 is 5.32 Å². The number of rotatable bonds is 3. The van der Waals surface area contributed by atoms with Crippen molar-refractivity contribution >= 4 is 33.1 Å². The van der Waals surface area contributed by atoms with E-state index >= 15 is 0 Å². The molecule has 0 fully saturated rings. The van der Waals surface area contributed by atoms with Crippen LogP contribution in [0.2, 0.25) is 0 Å². The minimum Gasteiger partial charge on any atom is -0.364 e. The van der Waals surface area contributed by atoms with Gasteiger partial charge >= 0.3 is 0 Å². The molecule has 0 spiro atoms. The fourth-order valence-electron chi connectivity index (χ4n) is 1.41. The molecule has 2 aromatic rings. The highest BCUT2D eigenvalue weighted by atomic mass is 79.9. The van der Waals surface area contributed by atoms with Gasteiger partial charge in [-0.05, 0) is 53.5 Å². The monoisotopic (exact) mass is 296 g/mol. The first-order valence-electron chi connectivity index (χ1n) is 5.06. The lowest BCUT2D eigenvalue weighted by atomic mass is 10.3. The molecule has 84 valence electrons. The summed E-state index contributed by atoms with van der Waals surface area (Å²) in [4.78, 5) is 7.01. The third-order valence-corrected chi connectivity index (χ3v) is 3.81. The number of halogens is 1. The van der Waals surface area contributed by atoms with Gasteiger partial charge < -0.3 is 5.32 Å². The van der Waals surface area contributed by atoms with E-state index in [-0.39, 0.29) is 0 Å². The fraction of sp³-hybridized carbons (Fsp3) is 0.250. The summed E-state index contributed by atoms with van der Waals surface area (Å²) < 4.78 is 1.01. The van der Waals surface area contributed by atoms with E-state index < -0.39 is 0 Å². The van der Waals surface area contributed by atoms with Crippen LogP contribution in [0.5, 0.6) is 0 Å². The van der Waals surface area contributed by atoms with Gasteiger partial charge in [-0.2, -0.15) is 0 Å². The van der Waals surface area contributed by atoms with E-state index in [1.54, 1.807) is 0 Å². The molecule has 0 unspecified atom stereocenters. The topological polar surface area (TPSA) is 24.9 Å². The Morgan fingerprint density at radius 3 is 2.81 bits per heavy atom. The molecule has 0 saturated carbocycles. The van der Waals surface area contributed by atoms with Gasteiger partial charge in [-0.25, -0.2) is 4.98 Å². The molecule has 1 N–H and O–H groups in total. The fourth-order valence-corrected chi connectivity index (χ4v) is 2.85. The number of nitrogens with zero attached hydrogens (tertiary/aromatic N) is 1. The molecule has 0 aliphatic heterocycles. The van der Waals surface area contributed by atoms with Crippen LogP contribution in [-0.2, 0) is 6.54 Å². The Morgan fingerprint density at radius 2 is 2.19 bits per heavy atom. The highest BCUT2D eigenvalue weighted by molar-refractivity contribution is 9.10. The minimum absolute atomic E-state index is 0.827. The van der Waals surface area contributed by atoms with Crippen molar-refractivity contribution in [2.45, 2.75) is 20.4 Å². The highest BCUT2D eigenvalue weighted by Gasteiger charge is 2.02. The minimum atomic E-state index is 0.827. The molecule has 0 radical (unpaired) electrons. The number of pyridine rings is 1. The van der Waals surface area contributed by atoms with Crippen molar-refractivity contribution in [3.63, 3.8) is 0 Å². The molecule has 2 aromatic heterocycles. The Morgan fingerprint density at radius 1 is 1.38 bits per heavy atom. The van der Waals surface area contributed by atoms with Crippen LogP contribution in [0.15, 0.2) is 28.9 Å². The molecule has 2 rings (SSSR count). The lowest BCUT2D eigenvalue weighted by Gasteiger charge is -2.06. The molecule has 2 heterocycles. The summed E-state index contributed by atoms with van der Waals surface area (Å²) in [6.45, 7) is 4.98. The van der Waals surface area contributed by atoms with Gasteiger partial charge in [0, 0.05) is 16.0 Å². The summed E-state index contributed by atoms with van der Waals surface area (Å²) >= 11 is 5.31. The van der Waals surface area contributed by atoms with Gasteiger partial charge in [-0.1, -0.05) is 0 Å². The van der Waals surface area contributed by atoms with E-state index in [0.717, 1.165) is 22.4 Å². The summed E-state index contributed by atoms with van der Waals surface area (Å²) in [7, 11) is 0. The molecule has 0 saturated heterocycles. The van der Waals surface area contributed by atoms with Crippen LogP contribution in [0.3, 0.4) is 0 Å². The van der Waals surface area contributed by atoms with Crippen LogP contribution in [-0.4, -0.2) is 4.98 Å². The summed E-state index contributed by atoms with van der Waals surface area (Å²) in [6, 6.07) is 6.35. The highest BCUT2D eigenvalue weighted by Crippen LogP contribution is 2.22. The van der Waals surface area contributed by atoms with Crippen LogP contribution in [0, 0.1) is 13.8 Å². The smallest absolute Gasteiger partial charge is 0.140 e. The SMILES string of the molecule is Cc1cnc(NCc2ccc(C)s2)c(Br)c1. The first-order valence-corrected chi connectivity index (χ1v) is 6.67. The van der Waals surface area contributed by atoms with Crippen molar-refractivity contribution in [3.8, 4) is 0 Å². The zero-order valence-corrected chi connectivity index (χ0v) is 11.7. The van der Waals surface area contributed by atoms with E-state index in [4.69, 9.17) is 0 Å². The second-order valence-electron chi connectivity index (χ2n) is 3.71. The molecule has 0 aliphatic carbocycles. The van der Waals surface area contributed by atoms with Crippen molar-refractivity contribution in [2.75, 3.05) is 5.32 Å². The predicted octanol–water partition coefficient (Wildman–Crippen LogP) is 4.13. The maximum absolute atomic E-state index is 4.35. The van der Waals surface area contributed by atoms with Gasteiger partial charge in [-0.3, -0.25) is 0 Å². The van der Waals surface area contributed by atoms with E-state index in [2.05, 4.69) is 51.4 Å². The van der Waals surface area contributed by atoms with Crippen LogP contribution >= 0.6 is 27.3 Å². The third-order valence-electron chi connectivity index (χ3n) is 2.20. The zero-order chi connectivity index (χ0) is 11.5. The maximum atomic E-state index is 4.35. The van der Waals surface area contributed by atoms with Gasteiger partial charge in [-0.15, -0.1) is 11.3 Å². The second kappa shape index (κ2) is 4.97. The van der Waals surface area contributed by atoms with Crippen molar-refractivity contribution < 1.29 is 0 Å². The lowest BCUT2D eigenvalue weighted by molar-refractivity contribution is 1.12. The van der Waals surface area contributed by atoms with Crippen molar-refractivity contribution in [3.05, 3.63) is 44.2 Å². The number of aryl methyl sites for hydroxylation is 2. The average Bonchev–Trinajstić information content (AvgIpc) is 2.63. The van der Waals surface area contributed by atoms with E-state index in [1.807, 2.05) is 24.5 Å². The normalized spacial score (nSPS) is 10.4. The second-order valence-corrected chi connectivity index (χ2v) is 5.94. The molecule has 0 bridgehead atoms. The van der Waals surface area contributed by atoms with Crippen molar-refractivity contribution in [1.82, 2.24) is 4.98 Å². The van der Waals surface area contributed by atoms with Gasteiger partial charge in [0.15, 0.2) is 0 Å².